The summed E-state index contributed by atoms with van der Waals surface area (Å²) in [6.45, 7) is 2.88. The number of aryl methyl sites for hydroxylation is 4. The second kappa shape index (κ2) is 8.29. The van der Waals surface area contributed by atoms with Gasteiger partial charge >= 0.3 is 0 Å². The number of rotatable bonds is 6. The summed E-state index contributed by atoms with van der Waals surface area (Å²) in [5.41, 5.74) is 9.62. The summed E-state index contributed by atoms with van der Waals surface area (Å²) >= 11 is 1.89. The van der Waals surface area contributed by atoms with E-state index in [1.807, 2.05) is 23.5 Å². The second-order valence-corrected chi connectivity index (χ2v) is 7.40. The highest BCUT2D eigenvalue weighted by Gasteiger charge is 2.14. The molecular weight excluding hydrogens is 316 g/mol. The number of nitrogens with two attached hydrogens (primary N) is 1. The molecule has 0 saturated carbocycles. The van der Waals surface area contributed by atoms with Crippen molar-refractivity contribution >= 4 is 23.0 Å². The van der Waals surface area contributed by atoms with Gasteiger partial charge in [-0.2, -0.15) is 0 Å². The van der Waals surface area contributed by atoms with E-state index in [-0.39, 0.29) is 0 Å². The molecule has 0 radical (unpaired) electrons. The first kappa shape index (κ1) is 17.0. The van der Waals surface area contributed by atoms with Crippen LogP contribution in [0, 0.1) is 0 Å². The van der Waals surface area contributed by atoms with Gasteiger partial charge in [0.15, 0.2) is 5.96 Å². The normalized spacial score (nSPS) is 14.5. The van der Waals surface area contributed by atoms with Gasteiger partial charge in [-0.25, -0.2) is 4.98 Å². The first-order valence-corrected chi connectivity index (χ1v) is 9.69. The molecule has 0 atom stereocenters. The standard InChI is InChI=1S/C19H26N4S/c1-2-14-9-11-15(12-10-14)22-19(20)21-13-5-8-18-23-16-6-3-4-7-17(16)24-18/h9-12H,2-8,13H2,1H3,(H3,20,21,22). The lowest BCUT2D eigenvalue weighted by Crippen LogP contribution is -2.22. The van der Waals surface area contributed by atoms with E-state index in [0.717, 1.165) is 37.9 Å². The Hall–Kier alpha value is -1.88. The summed E-state index contributed by atoms with van der Waals surface area (Å²) in [5.74, 6) is 0.484. The van der Waals surface area contributed by atoms with E-state index in [2.05, 4.69) is 29.4 Å². The molecule has 1 heterocycles. The Morgan fingerprint density at radius 2 is 2.04 bits per heavy atom. The number of aromatic nitrogens is 1. The fourth-order valence-corrected chi connectivity index (χ4v) is 4.15. The fraction of sp³-hybridized carbons (Fsp3) is 0.474. The van der Waals surface area contributed by atoms with E-state index in [9.17, 15) is 0 Å². The number of hydrogen-bond acceptors (Lipinski definition) is 3. The van der Waals surface area contributed by atoms with E-state index in [1.165, 1.54) is 40.4 Å². The molecule has 2 aromatic rings. The Morgan fingerprint density at radius 3 is 2.79 bits per heavy atom. The maximum atomic E-state index is 5.96. The van der Waals surface area contributed by atoms with Crippen molar-refractivity contribution in [2.45, 2.75) is 51.9 Å². The summed E-state index contributed by atoms with van der Waals surface area (Å²) < 4.78 is 0. The molecule has 0 fully saturated rings. The minimum Gasteiger partial charge on any atom is -0.370 e. The highest BCUT2D eigenvalue weighted by atomic mass is 32.1. The number of anilines is 1. The van der Waals surface area contributed by atoms with Gasteiger partial charge in [0, 0.05) is 23.5 Å². The Kier molecular flexibility index (Phi) is 5.86. The smallest absolute Gasteiger partial charge is 0.193 e. The molecule has 1 aromatic carbocycles. The van der Waals surface area contributed by atoms with Gasteiger partial charge in [-0.1, -0.05) is 19.1 Å². The zero-order valence-corrected chi connectivity index (χ0v) is 15.2. The summed E-state index contributed by atoms with van der Waals surface area (Å²) in [4.78, 5) is 10.7. The van der Waals surface area contributed by atoms with Gasteiger partial charge in [0.1, 0.15) is 0 Å². The number of nitrogens with zero attached hydrogens (tertiary/aromatic N) is 2. The molecule has 0 spiro atoms. The Bertz CT molecular complexity index is 664. The van der Waals surface area contributed by atoms with Crippen LogP contribution in [-0.4, -0.2) is 17.5 Å². The Morgan fingerprint density at radius 1 is 1.25 bits per heavy atom. The lowest BCUT2D eigenvalue weighted by atomic mass is 10.0. The average Bonchev–Trinajstić information content (AvgIpc) is 3.02. The quantitative estimate of drug-likeness (QED) is 0.475. The lowest BCUT2D eigenvalue weighted by molar-refractivity contribution is 0.679. The van der Waals surface area contributed by atoms with Crippen LogP contribution in [0.25, 0.3) is 0 Å². The topological polar surface area (TPSA) is 63.3 Å². The molecule has 0 amide bonds. The average molecular weight is 343 g/mol. The summed E-state index contributed by atoms with van der Waals surface area (Å²) in [7, 11) is 0. The van der Waals surface area contributed by atoms with Crippen molar-refractivity contribution in [2.24, 2.45) is 10.7 Å². The number of fused-ring (bicyclic) bond motifs is 1. The first-order valence-electron chi connectivity index (χ1n) is 8.88. The summed E-state index contributed by atoms with van der Waals surface area (Å²) in [5, 5.41) is 4.41. The van der Waals surface area contributed by atoms with Crippen molar-refractivity contribution in [1.82, 2.24) is 4.98 Å². The number of hydrogen-bond donors (Lipinski definition) is 2. The number of aliphatic imine (C=N–C) groups is 1. The zero-order chi connectivity index (χ0) is 16.8. The second-order valence-electron chi connectivity index (χ2n) is 6.23. The van der Waals surface area contributed by atoms with Crippen molar-refractivity contribution < 1.29 is 0 Å². The molecule has 24 heavy (non-hydrogen) atoms. The third-order valence-corrected chi connectivity index (χ3v) is 5.57. The van der Waals surface area contributed by atoms with Gasteiger partial charge in [-0.3, -0.25) is 4.99 Å². The first-order chi connectivity index (χ1) is 11.7. The van der Waals surface area contributed by atoms with Crippen LogP contribution in [0.2, 0.25) is 0 Å². The zero-order valence-electron chi connectivity index (χ0n) is 14.3. The van der Waals surface area contributed by atoms with Crippen LogP contribution in [0.1, 0.15) is 47.3 Å². The molecule has 0 saturated heterocycles. The molecule has 1 aromatic heterocycles. The summed E-state index contributed by atoms with van der Waals surface area (Å²) in [6.07, 6.45) is 8.03. The van der Waals surface area contributed by atoms with Crippen molar-refractivity contribution in [3.05, 3.63) is 45.4 Å². The van der Waals surface area contributed by atoms with Crippen LogP contribution in [0.4, 0.5) is 5.69 Å². The highest BCUT2D eigenvalue weighted by molar-refractivity contribution is 7.11. The molecule has 4 nitrogen and oxygen atoms in total. The minimum absolute atomic E-state index is 0.484. The SMILES string of the molecule is CCc1ccc(NC(N)=NCCCc2nc3c(s2)CCCC3)cc1. The molecule has 0 unspecified atom stereocenters. The predicted octanol–water partition coefficient (Wildman–Crippen LogP) is 3.94. The largest absolute Gasteiger partial charge is 0.370 e. The van der Waals surface area contributed by atoms with Crippen LogP contribution < -0.4 is 11.1 Å². The van der Waals surface area contributed by atoms with Gasteiger partial charge in [0.05, 0.1) is 10.7 Å². The van der Waals surface area contributed by atoms with Crippen molar-refractivity contribution in [3.8, 4) is 0 Å². The molecule has 1 aliphatic rings. The summed E-state index contributed by atoms with van der Waals surface area (Å²) in [6, 6.07) is 8.31. The van der Waals surface area contributed by atoms with Crippen LogP contribution >= 0.6 is 11.3 Å². The molecular formula is C19H26N4S. The van der Waals surface area contributed by atoms with Gasteiger partial charge < -0.3 is 11.1 Å². The molecule has 3 rings (SSSR count). The molecule has 128 valence electrons. The van der Waals surface area contributed by atoms with E-state index in [1.54, 1.807) is 0 Å². The van der Waals surface area contributed by atoms with E-state index in [0.29, 0.717) is 5.96 Å². The molecule has 3 N–H and O–H groups in total. The number of nitrogens with one attached hydrogen (secondary N) is 1. The third kappa shape index (κ3) is 4.57. The number of benzene rings is 1. The maximum absolute atomic E-state index is 5.96. The van der Waals surface area contributed by atoms with E-state index < -0.39 is 0 Å². The minimum atomic E-state index is 0.484. The van der Waals surface area contributed by atoms with Gasteiger partial charge in [0.2, 0.25) is 0 Å². The number of thiazole rings is 1. The monoisotopic (exact) mass is 342 g/mol. The van der Waals surface area contributed by atoms with Crippen molar-refractivity contribution in [1.29, 1.82) is 0 Å². The van der Waals surface area contributed by atoms with E-state index >= 15 is 0 Å². The van der Waals surface area contributed by atoms with Crippen molar-refractivity contribution in [2.75, 3.05) is 11.9 Å². The molecule has 5 heteroatoms. The van der Waals surface area contributed by atoms with Crippen LogP contribution in [0.15, 0.2) is 29.3 Å². The Balaban J connectivity index is 1.44. The van der Waals surface area contributed by atoms with Crippen molar-refractivity contribution in [3.63, 3.8) is 0 Å². The Labute approximate surface area is 148 Å². The molecule has 1 aliphatic carbocycles. The fourth-order valence-electron chi connectivity index (χ4n) is 2.95. The molecule has 0 aliphatic heterocycles. The predicted molar refractivity (Wildman–Crippen MR) is 103 cm³/mol. The van der Waals surface area contributed by atoms with Gasteiger partial charge in [-0.15, -0.1) is 11.3 Å². The van der Waals surface area contributed by atoms with Crippen LogP contribution in [-0.2, 0) is 25.7 Å². The number of guanidine groups is 1. The van der Waals surface area contributed by atoms with Gasteiger partial charge in [0.25, 0.3) is 0 Å². The van der Waals surface area contributed by atoms with Crippen LogP contribution in [0.5, 0.6) is 0 Å². The van der Waals surface area contributed by atoms with Gasteiger partial charge in [-0.05, 0) is 56.2 Å². The molecule has 0 bridgehead atoms. The lowest BCUT2D eigenvalue weighted by Gasteiger charge is -2.06. The maximum Gasteiger partial charge on any atom is 0.193 e. The highest BCUT2D eigenvalue weighted by Crippen LogP contribution is 2.27. The van der Waals surface area contributed by atoms with E-state index in [4.69, 9.17) is 10.7 Å². The third-order valence-electron chi connectivity index (χ3n) is 4.36. The van der Waals surface area contributed by atoms with Crippen LogP contribution in [0.3, 0.4) is 0 Å².